The topological polar surface area (TPSA) is 56.5 Å². The fourth-order valence-electron chi connectivity index (χ4n) is 2.33. The fraction of sp³-hybridized carbons (Fsp3) is 0.625. The van der Waals surface area contributed by atoms with Crippen molar-refractivity contribution < 1.29 is 9.47 Å². The molecule has 20 heavy (non-hydrogen) atoms. The molecular weight excluding hydrogens is 252 g/mol. The molecule has 0 aliphatic rings. The van der Waals surface area contributed by atoms with Crippen LogP contribution in [0.15, 0.2) is 24.3 Å². The van der Waals surface area contributed by atoms with Crippen LogP contribution in [0.2, 0.25) is 0 Å². The Bertz CT molecular complexity index is 394. The largest absolute Gasteiger partial charge is 0.491 e. The van der Waals surface area contributed by atoms with Gasteiger partial charge in [0.05, 0.1) is 18.2 Å². The van der Waals surface area contributed by atoms with Gasteiger partial charge in [-0.15, -0.1) is 0 Å². The molecule has 0 saturated heterocycles. The minimum Gasteiger partial charge on any atom is -0.491 e. The minimum atomic E-state index is -0.0927. The van der Waals surface area contributed by atoms with Gasteiger partial charge in [-0.25, -0.2) is 0 Å². The van der Waals surface area contributed by atoms with E-state index in [1.807, 2.05) is 45.0 Å². The molecule has 1 rings (SSSR count). The first kappa shape index (κ1) is 17.0. The van der Waals surface area contributed by atoms with Crippen LogP contribution in [0.3, 0.4) is 0 Å². The highest BCUT2D eigenvalue weighted by Gasteiger charge is 2.28. The Morgan fingerprint density at radius 3 is 2.30 bits per heavy atom. The SMILES string of the molecule is CCOC(C(C)C)C(NN)c1ccccc1OC(C)C. The fourth-order valence-corrected chi connectivity index (χ4v) is 2.33. The average Bonchev–Trinajstić information content (AvgIpc) is 2.39. The number of hydrazine groups is 1. The van der Waals surface area contributed by atoms with Crippen molar-refractivity contribution in [3.05, 3.63) is 29.8 Å². The molecule has 3 N–H and O–H groups in total. The van der Waals surface area contributed by atoms with Crippen LogP contribution in [0, 0.1) is 5.92 Å². The van der Waals surface area contributed by atoms with Crippen molar-refractivity contribution in [3.63, 3.8) is 0 Å². The lowest BCUT2D eigenvalue weighted by Gasteiger charge is -2.31. The normalized spacial score (nSPS) is 14.6. The number of para-hydroxylation sites is 1. The Kier molecular flexibility index (Phi) is 6.99. The van der Waals surface area contributed by atoms with Crippen molar-refractivity contribution >= 4 is 0 Å². The number of rotatable bonds is 8. The zero-order valence-corrected chi connectivity index (χ0v) is 13.2. The first-order chi connectivity index (χ1) is 9.51. The van der Waals surface area contributed by atoms with Gasteiger partial charge in [-0.1, -0.05) is 32.0 Å². The molecular formula is C16H28N2O2. The van der Waals surface area contributed by atoms with E-state index in [4.69, 9.17) is 15.3 Å². The molecule has 114 valence electrons. The monoisotopic (exact) mass is 280 g/mol. The number of ether oxygens (including phenoxy) is 2. The second kappa shape index (κ2) is 8.25. The zero-order chi connectivity index (χ0) is 15.1. The number of hydrogen-bond acceptors (Lipinski definition) is 4. The van der Waals surface area contributed by atoms with Crippen LogP contribution in [0.1, 0.15) is 46.2 Å². The first-order valence-electron chi connectivity index (χ1n) is 7.34. The Morgan fingerprint density at radius 1 is 1.15 bits per heavy atom. The summed E-state index contributed by atoms with van der Waals surface area (Å²) in [6, 6.07) is 7.89. The van der Waals surface area contributed by atoms with E-state index in [0.29, 0.717) is 12.5 Å². The number of nitrogens with two attached hydrogens (primary N) is 1. The van der Waals surface area contributed by atoms with Gasteiger partial charge in [-0.05, 0) is 32.8 Å². The summed E-state index contributed by atoms with van der Waals surface area (Å²) in [7, 11) is 0. The standard InChI is InChI=1S/C16H28N2O2/c1-6-19-16(11(2)3)15(18-17)13-9-7-8-10-14(13)20-12(4)5/h7-12,15-16,18H,6,17H2,1-5H3. The van der Waals surface area contributed by atoms with Crippen LogP contribution in [0.4, 0.5) is 0 Å². The molecule has 1 aromatic carbocycles. The van der Waals surface area contributed by atoms with Crippen molar-refractivity contribution in [2.45, 2.75) is 52.9 Å². The Balaban J connectivity index is 3.09. The van der Waals surface area contributed by atoms with Gasteiger partial charge in [-0.3, -0.25) is 11.3 Å². The van der Waals surface area contributed by atoms with Gasteiger partial charge in [-0.2, -0.15) is 0 Å². The third kappa shape index (κ3) is 4.47. The number of benzene rings is 1. The van der Waals surface area contributed by atoms with Crippen LogP contribution in [0.5, 0.6) is 5.75 Å². The van der Waals surface area contributed by atoms with Gasteiger partial charge in [0.15, 0.2) is 0 Å². The van der Waals surface area contributed by atoms with Crippen molar-refractivity contribution in [2.75, 3.05) is 6.61 Å². The molecule has 0 aliphatic heterocycles. The van der Waals surface area contributed by atoms with E-state index >= 15 is 0 Å². The molecule has 0 bridgehead atoms. The van der Waals surface area contributed by atoms with Gasteiger partial charge in [0, 0.05) is 12.2 Å². The second-order valence-electron chi connectivity index (χ2n) is 5.51. The summed E-state index contributed by atoms with van der Waals surface area (Å²) in [6.45, 7) is 11.0. The van der Waals surface area contributed by atoms with Crippen molar-refractivity contribution in [2.24, 2.45) is 11.8 Å². The van der Waals surface area contributed by atoms with E-state index in [2.05, 4.69) is 19.3 Å². The summed E-state index contributed by atoms with van der Waals surface area (Å²) in [5.74, 6) is 7.00. The zero-order valence-electron chi connectivity index (χ0n) is 13.2. The van der Waals surface area contributed by atoms with Crippen molar-refractivity contribution in [1.29, 1.82) is 0 Å². The van der Waals surface area contributed by atoms with Gasteiger partial charge >= 0.3 is 0 Å². The van der Waals surface area contributed by atoms with Gasteiger partial charge in [0.1, 0.15) is 5.75 Å². The quantitative estimate of drug-likeness (QED) is 0.567. The Morgan fingerprint density at radius 2 is 1.80 bits per heavy atom. The third-order valence-corrected chi connectivity index (χ3v) is 3.14. The van der Waals surface area contributed by atoms with E-state index in [1.165, 1.54) is 0 Å². The highest BCUT2D eigenvalue weighted by molar-refractivity contribution is 5.36. The molecule has 2 atom stereocenters. The smallest absolute Gasteiger partial charge is 0.124 e. The maximum Gasteiger partial charge on any atom is 0.124 e. The second-order valence-corrected chi connectivity index (χ2v) is 5.51. The van der Waals surface area contributed by atoms with Crippen LogP contribution in [0.25, 0.3) is 0 Å². The Hall–Kier alpha value is -1.10. The number of nitrogens with one attached hydrogen (secondary N) is 1. The predicted octanol–water partition coefficient (Wildman–Crippen LogP) is 3.04. The molecule has 2 unspecified atom stereocenters. The molecule has 0 fully saturated rings. The molecule has 0 saturated carbocycles. The molecule has 0 aromatic heterocycles. The third-order valence-electron chi connectivity index (χ3n) is 3.14. The van der Waals surface area contributed by atoms with Gasteiger partial charge < -0.3 is 9.47 Å². The predicted molar refractivity (Wildman–Crippen MR) is 82.5 cm³/mol. The van der Waals surface area contributed by atoms with Crippen LogP contribution < -0.4 is 16.0 Å². The summed E-state index contributed by atoms with van der Waals surface area (Å²) < 4.78 is 11.8. The van der Waals surface area contributed by atoms with E-state index < -0.39 is 0 Å². The van der Waals surface area contributed by atoms with Gasteiger partial charge in [0.2, 0.25) is 0 Å². The molecule has 4 nitrogen and oxygen atoms in total. The average molecular weight is 280 g/mol. The molecule has 0 radical (unpaired) electrons. The van der Waals surface area contributed by atoms with Crippen LogP contribution in [-0.2, 0) is 4.74 Å². The molecule has 4 heteroatoms. The molecule has 0 aliphatic carbocycles. The highest BCUT2D eigenvalue weighted by atomic mass is 16.5. The van der Waals surface area contributed by atoms with Crippen LogP contribution in [-0.4, -0.2) is 18.8 Å². The summed E-state index contributed by atoms with van der Waals surface area (Å²) in [4.78, 5) is 0. The molecule has 0 spiro atoms. The minimum absolute atomic E-state index is 0.00177. The van der Waals surface area contributed by atoms with E-state index in [9.17, 15) is 0 Å². The van der Waals surface area contributed by atoms with Crippen LogP contribution >= 0.6 is 0 Å². The van der Waals surface area contributed by atoms with E-state index in [0.717, 1.165) is 11.3 Å². The lowest BCUT2D eigenvalue weighted by molar-refractivity contribution is 0.00194. The Labute approximate surface area is 122 Å². The highest BCUT2D eigenvalue weighted by Crippen LogP contribution is 2.31. The van der Waals surface area contributed by atoms with E-state index in [-0.39, 0.29) is 18.2 Å². The summed E-state index contributed by atoms with van der Waals surface area (Å²) >= 11 is 0. The first-order valence-corrected chi connectivity index (χ1v) is 7.34. The van der Waals surface area contributed by atoms with Gasteiger partial charge in [0.25, 0.3) is 0 Å². The summed E-state index contributed by atoms with van der Waals surface area (Å²) in [6.07, 6.45) is 0.126. The molecule has 1 aromatic rings. The van der Waals surface area contributed by atoms with Crippen molar-refractivity contribution in [3.8, 4) is 5.75 Å². The molecule has 0 heterocycles. The maximum absolute atomic E-state index is 5.89. The lowest BCUT2D eigenvalue weighted by Crippen LogP contribution is -2.41. The van der Waals surface area contributed by atoms with E-state index in [1.54, 1.807) is 0 Å². The summed E-state index contributed by atoms with van der Waals surface area (Å²) in [5.41, 5.74) is 3.93. The molecule has 0 amide bonds. The summed E-state index contributed by atoms with van der Waals surface area (Å²) in [5, 5.41) is 0. The maximum atomic E-state index is 5.89. The number of hydrogen-bond donors (Lipinski definition) is 2. The van der Waals surface area contributed by atoms with Crippen molar-refractivity contribution in [1.82, 2.24) is 5.43 Å². The lowest BCUT2D eigenvalue weighted by atomic mass is 9.93.